The quantitative estimate of drug-likeness (QED) is 0.395. The van der Waals surface area contributed by atoms with Crippen LogP contribution in [-0.2, 0) is 29.8 Å². The molecule has 1 aliphatic heterocycles. The molecule has 4 aromatic rings. The van der Waals surface area contributed by atoms with E-state index in [9.17, 15) is 9.18 Å². The van der Waals surface area contributed by atoms with Crippen LogP contribution in [0.15, 0.2) is 60.1 Å². The number of amides is 1. The fourth-order valence-electron chi connectivity index (χ4n) is 4.19. The van der Waals surface area contributed by atoms with Gasteiger partial charge in [0.25, 0.3) is 0 Å². The lowest BCUT2D eigenvalue weighted by Gasteiger charge is -2.23. The number of benzene rings is 2. The van der Waals surface area contributed by atoms with Gasteiger partial charge in [-0.3, -0.25) is 9.48 Å². The molecule has 33 heavy (non-hydrogen) atoms. The summed E-state index contributed by atoms with van der Waals surface area (Å²) in [5.74, 6) is -0.201. The summed E-state index contributed by atoms with van der Waals surface area (Å²) in [7, 11) is 0. The van der Waals surface area contributed by atoms with Gasteiger partial charge in [-0.05, 0) is 56.2 Å². The molecule has 2 aromatic heterocycles. The first-order valence-corrected chi connectivity index (χ1v) is 11.8. The second-order valence-corrected chi connectivity index (χ2v) is 10.2. The van der Waals surface area contributed by atoms with Gasteiger partial charge < -0.3 is 4.90 Å². The number of hydrogen-bond donors (Lipinski definition) is 0. The Balaban J connectivity index is 1.41. The van der Waals surface area contributed by atoms with E-state index in [0.717, 1.165) is 27.5 Å². The molecule has 5 nitrogen and oxygen atoms in total. The van der Waals surface area contributed by atoms with Crippen LogP contribution in [0.25, 0.3) is 21.8 Å². The van der Waals surface area contributed by atoms with Gasteiger partial charge in [0.05, 0.1) is 35.1 Å². The molecule has 0 saturated carbocycles. The molecular weight excluding hydrogens is 435 g/mol. The van der Waals surface area contributed by atoms with Gasteiger partial charge in [0.2, 0.25) is 5.91 Å². The van der Waals surface area contributed by atoms with Crippen molar-refractivity contribution in [1.29, 1.82) is 0 Å². The molecular formula is C26H25FN4OS. The molecule has 0 saturated heterocycles. The molecule has 7 heteroatoms. The number of thiazole rings is 1. The van der Waals surface area contributed by atoms with Gasteiger partial charge in [0.15, 0.2) is 0 Å². The highest BCUT2D eigenvalue weighted by Gasteiger charge is 2.26. The molecule has 0 radical (unpaired) electrons. The zero-order valence-corrected chi connectivity index (χ0v) is 19.7. The number of aromatic nitrogens is 3. The summed E-state index contributed by atoms with van der Waals surface area (Å²) in [5.41, 5.74) is 5.57. The van der Waals surface area contributed by atoms with Crippen molar-refractivity contribution in [2.45, 2.75) is 45.8 Å². The minimum Gasteiger partial charge on any atom is -0.334 e. The third-order valence-corrected chi connectivity index (χ3v) is 6.75. The number of hydrogen-bond acceptors (Lipinski definition) is 4. The minimum absolute atomic E-state index is 0.0761. The van der Waals surface area contributed by atoms with E-state index in [4.69, 9.17) is 4.98 Å². The highest BCUT2D eigenvalue weighted by molar-refractivity contribution is 7.13. The number of halogens is 1. The van der Waals surface area contributed by atoms with Crippen molar-refractivity contribution < 1.29 is 9.18 Å². The van der Waals surface area contributed by atoms with Crippen LogP contribution in [-0.4, -0.2) is 25.6 Å². The van der Waals surface area contributed by atoms with Crippen molar-refractivity contribution in [2.75, 3.05) is 0 Å². The van der Waals surface area contributed by atoms with E-state index in [2.05, 4.69) is 38.0 Å². The summed E-state index contributed by atoms with van der Waals surface area (Å²) in [6.45, 7) is 7.54. The second-order valence-electron chi connectivity index (χ2n) is 9.34. The number of carbonyl (C=O) groups is 1. The number of nitrogens with zero attached hydrogens (tertiary/aromatic N) is 4. The second kappa shape index (κ2) is 8.23. The average molecular weight is 461 g/mol. The van der Waals surface area contributed by atoms with E-state index in [1.54, 1.807) is 12.1 Å². The largest absolute Gasteiger partial charge is 0.334 e. The molecule has 5 rings (SSSR count). The predicted octanol–water partition coefficient (Wildman–Crippen LogP) is 5.65. The molecule has 0 N–H and O–H groups in total. The van der Waals surface area contributed by atoms with Crippen molar-refractivity contribution in [3.05, 3.63) is 82.7 Å². The summed E-state index contributed by atoms with van der Waals surface area (Å²) in [4.78, 5) is 19.6. The molecule has 0 atom stereocenters. The summed E-state index contributed by atoms with van der Waals surface area (Å²) >= 11 is 1.50. The van der Waals surface area contributed by atoms with Crippen LogP contribution in [0, 0.1) is 5.82 Å². The van der Waals surface area contributed by atoms with E-state index in [1.165, 1.54) is 34.6 Å². The smallest absolute Gasteiger partial charge is 0.229 e. The highest BCUT2D eigenvalue weighted by atomic mass is 32.1. The molecule has 0 unspecified atom stereocenters. The van der Waals surface area contributed by atoms with Crippen LogP contribution in [0.2, 0.25) is 0 Å². The lowest BCUT2D eigenvalue weighted by molar-refractivity contribution is -0.131. The standard InChI is InChI=1S/C26H25FN4OS/c1-26(2,3)31-24(17-8-10-20(27)11-9-17)22(13-28-31)25-29-21(16-33-25)12-23(32)30-14-18-6-4-5-7-19(18)15-30/h4-11,13,16H,12,14-15H2,1-3H3. The van der Waals surface area contributed by atoms with E-state index in [1.807, 2.05) is 33.3 Å². The molecule has 168 valence electrons. The van der Waals surface area contributed by atoms with Gasteiger partial charge in [-0.15, -0.1) is 11.3 Å². The first-order valence-electron chi connectivity index (χ1n) is 10.9. The molecule has 3 heterocycles. The Bertz CT molecular complexity index is 1290. The van der Waals surface area contributed by atoms with Crippen molar-refractivity contribution >= 4 is 17.2 Å². The van der Waals surface area contributed by atoms with Gasteiger partial charge in [0.1, 0.15) is 10.8 Å². The Kier molecular flexibility index (Phi) is 5.37. The Labute approximate surface area is 196 Å². The van der Waals surface area contributed by atoms with Gasteiger partial charge in [-0.1, -0.05) is 24.3 Å². The molecule has 0 spiro atoms. The predicted molar refractivity (Wildman–Crippen MR) is 128 cm³/mol. The number of rotatable bonds is 4. The fourth-order valence-corrected chi connectivity index (χ4v) is 5.02. The zero-order valence-electron chi connectivity index (χ0n) is 18.9. The van der Waals surface area contributed by atoms with Gasteiger partial charge in [-0.25, -0.2) is 9.37 Å². The Morgan fingerprint density at radius 3 is 2.36 bits per heavy atom. The summed E-state index contributed by atoms with van der Waals surface area (Å²) in [6, 6.07) is 14.6. The fraction of sp³-hybridized carbons (Fsp3) is 0.269. The maximum atomic E-state index is 13.6. The third kappa shape index (κ3) is 4.20. The lowest BCUT2D eigenvalue weighted by Crippen LogP contribution is -2.27. The molecule has 0 aliphatic carbocycles. The van der Waals surface area contributed by atoms with Crippen LogP contribution in [0.5, 0.6) is 0 Å². The van der Waals surface area contributed by atoms with Crippen LogP contribution >= 0.6 is 11.3 Å². The summed E-state index contributed by atoms with van der Waals surface area (Å²) in [5, 5.41) is 7.38. The zero-order chi connectivity index (χ0) is 23.2. The van der Waals surface area contributed by atoms with Crippen molar-refractivity contribution in [3.8, 4) is 21.8 Å². The van der Waals surface area contributed by atoms with Gasteiger partial charge in [0, 0.05) is 24.0 Å². The maximum absolute atomic E-state index is 13.6. The van der Waals surface area contributed by atoms with Crippen molar-refractivity contribution in [3.63, 3.8) is 0 Å². The highest BCUT2D eigenvalue weighted by Crippen LogP contribution is 2.37. The van der Waals surface area contributed by atoms with Gasteiger partial charge >= 0.3 is 0 Å². The molecule has 1 aliphatic rings. The first kappa shape index (κ1) is 21.5. The van der Waals surface area contributed by atoms with Gasteiger partial charge in [-0.2, -0.15) is 5.10 Å². The van der Waals surface area contributed by atoms with Crippen LogP contribution < -0.4 is 0 Å². The summed E-state index contributed by atoms with van der Waals surface area (Å²) < 4.78 is 15.5. The normalized spacial score (nSPS) is 13.4. The Hall–Kier alpha value is -3.32. The van der Waals surface area contributed by atoms with Crippen LogP contribution in [0.3, 0.4) is 0 Å². The van der Waals surface area contributed by atoms with Crippen molar-refractivity contribution in [2.24, 2.45) is 0 Å². The topological polar surface area (TPSA) is 51.0 Å². The molecule has 2 aromatic carbocycles. The SMILES string of the molecule is CC(C)(C)n1ncc(-c2nc(CC(=O)N3Cc4ccccc4C3)cs2)c1-c1ccc(F)cc1. The first-order chi connectivity index (χ1) is 15.8. The van der Waals surface area contributed by atoms with Crippen molar-refractivity contribution in [1.82, 2.24) is 19.7 Å². The Morgan fingerprint density at radius 2 is 1.73 bits per heavy atom. The molecule has 0 fully saturated rings. The maximum Gasteiger partial charge on any atom is 0.229 e. The minimum atomic E-state index is -0.277. The van der Waals surface area contributed by atoms with Crippen LogP contribution in [0.4, 0.5) is 4.39 Å². The van der Waals surface area contributed by atoms with E-state index >= 15 is 0 Å². The monoisotopic (exact) mass is 460 g/mol. The van der Waals surface area contributed by atoms with E-state index in [-0.39, 0.29) is 23.7 Å². The Morgan fingerprint density at radius 1 is 1.06 bits per heavy atom. The lowest BCUT2D eigenvalue weighted by atomic mass is 10.0. The third-order valence-electron chi connectivity index (χ3n) is 5.83. The summed E-state index contributed by atoms with van der Waals surface area (Å²) in [6.07, 6.45) is 2.08. The molecule has 0 bridgehead atoms. The van der Waals surface area contributed by atoms with Crippen LogP contribution in [0.1, 0.15) is 37.6 Å². The number of carbonyl (C=O) groups excluding carboxylic acids is 1. The van der Waals surface area contributed by atoms with E-state index < -0.39 is 0 Å². The number of fused-ring (bicyclic) bond motifs is 1. The van der Waals surface area contributed by atoms with E-state index in [0.29, 0.717) is 13.1 Å². The average Bonchev–Trinajstić information content (AvgIpc) is 3.51. The molecule has 1 amide bonds.